The number of rotatable bonds is 4. The maximum absolute atomic E-state index is 11.8. The summed E-state index contributed by atoms with van der Waals surface area (Å²) in [5, 5.41) is 11.4. The number of hydrogen-bond acceptors (Lipinski definition) is 4. The summed E-state index contributed by atoms with van der Waals surface area (Å²) in [7, 11) is 0. The molecule has 1 aromatic rings. The molecule has 16 heavy (non-hydrogen) atoms. The molecule has 0 aromatic carbocycles. The van der Waals surface area contributed by atoms with Crippen LogP contribution in [0.25, 0.3) is 0 Å². The van der Waals surface area contributed by atoms with Crippen LogP contribution in [-0.2, 0) is 0 Å². The molecule has 0 aliphatic carbocycles. The van der Waals surface area contributed by atoms with Crippen LogP contribution in [0.3, 0.4) is 0 Å². The molecule has 7 heteroatoms. The average Bonchev–Trinajstić information content (AvgIpc) is 2.71. The fourth-order valence-corrected chi connectivity index (χ4v) is 1.29. The van der Waals surface area contributed by atoms with Crippen LogP contribution < -0.4 is 5.73 Å². The van der Waals surface area contributed by atoms with Gasteiger partial charge in [0.05, 0.1) is 6.54 Å². The average molecular weight is 246 g/mol. The number of carbonyl (C=O) groups excluding carboxylic acids is 1. The highest BCUT2D eigenvalue weighted by molar-refractivity contribution is 6.29. The van der Waals surface area contributed by atoms with Crippen LogP contribution in [0, 0.1) is 0 Å². The van der Waals surface area contributed by atoms with E-state index in [4.69, 9.17) is 27.0 Å². The number of oxime groups is 1. The van der Waals surface area contributed by atoms with Gasteiger partial charge < -0.3 is 20.3 Å². The minimum absolute atomic E-state index is 0.0319. The van der Waals surface area contributed by atoms with Crippen molar-refractivity contribution in [3.05, 3.63) is 23.1 Å². The number of halogens is 1. The Kier molecular flexibility index (Phi) is 4.19. The third kappa shape index (κ3) is 2.90. The minimum Gasteiger partial charge on any atom is -0.440 e. The van der Waals surface area contributed by atoms with Gasteiger partial charge in [0.25, 0.3) is 5.91 Å². The highest BCUT2D eigenvalue weighted by atomic mass is 35.5. The predicted octanol–water partition coefficient (Wildman–Crippen LogP) is 1.14. The van der Waals surface area contributed by atoms with Crippen molar-refractivity contribution in [3.8, 4) is 0 Å². The number of amidine groups is 1. The van der Waals surface area contributed by atoms with E-state index in [-0.39, 0.29) is 29.3 Å². The lowest BCUT2D eigenvalue weighted by Crippen LogP contribution is -2.38. The number of nitrogens with zero attached hydrogens (tertiary/aromatic N) is 2. The van der Waals surface area contributed by atoms with Crippen LogP contribution in [0.1, 0.15) is 17.5 Å². The molecule has 0 fully saturated rings. The molecular formula is C9H12ClN3O3. The summed E-state index contributed by atoms with van der Waals surface area (Å²) < 4.78 is 4.97. The first kappa shape index (κ1) is 12.4. The Morgan fingerprint density at radius 3 is 2.81 bits per heavy atom. The molecular weight excluding hydrogens is 234 g/mol. The van der Waals surface area contributed by atoms with E-state index in [1.165, 1.54) is 17.0 Å². The third-order valence-corrected chi connectivity index (χ3v) is 2.14. The van der Waals surface area contributed by atoms with E-state index in [1.807, 2.05) is 0 Å². The van der Waals surface area contributed by atoms with Gasteiger partial charge in [-0.2, -0.15) is 0 Å². The second-order valence-electron chi connectivity index (χ2n) is 3.01. The van der Waals surface area contributed by atoms with E-state index in [0.29, 0.717) is 6.54 Å². The summed E-state index contributed by atoms with van der Waals surface area (Å²) in [5.41, 5.74) is 5.32. The lowest BCUT2D eigenvalue weighted by atomic mass is 10.3. The van der Waals surface area contributed by atoms with Gasteiger partial charge in [-0.3, -0.25) is 4.79 Å². The van der Waals surface area contributed by atoms with Crippen molar-refractivity contribution in [1.82, 2.24) is 4.90 Å². The van der Waals surface area contributed by atoms with Crippen molar-refractivity contribution < 1.29 is 14.4 Å². The van der Waals surface area contributed by atoms with Crippen molar-refractivity contribution >= 4 is 23.3 Å². The molecule has 3 N–H and O–H groups in total. The first-order valence-electron chi connectivity index (χ1n) is 4.59. The van der Waals surface area contributed by atoms with Gasteiger partial charge in [0.1, 0.15) is 0 Å². The van der Waals surface area contributed by atoms with E-state index in [2.05, 4.69) is 5.16 Å². The first-order chi connectivity index (χ1) is 7.58. The number of hydrogen-bond donors (Lipinski definition) is 2. The molecule has 0 aliphatic rings. The Hall–Kier alpha value is -1.69. The second kappa shape index (κ2) is 5.41. The van der Waals surface area contributed by atoms with Gasteiger partial charge in [-0.1, -0.05) is 5.16 Å². The van der Waals surface area contributed by atoms with Gasteiger partial charge in [-0.25, -0.2) is 0 Å². The number of amides is 1. The van der Waals surface area contributed by atoms with Crippen molar-refractivity contribution in [2.45, 2.75) is 6.92 Å². The first-order valence-corrected chi connectivity index (χ1v) is 4.97. The molecule has 1 aromatic heterocycles. The quantitative estimate of drug-likeness (QED) is 0.360. The number of carbonyl (C=O) groups is 1. The Bertz CT molecular complexity index is 402. The summed E-state index contributed by atoms with van der Waals surface area (Å²) in [6.07, 6.45) is 0. The highest BCUT2D eigenvalue weighted by Gasteiger charge is 2.18. The zero-order valence-electron chi connectivity index (χ0n) is 8.68. The molecule has 0 unspecified atom stereocenters. The summed E-state index contributed by atoms with van der Waals surface area (Å²) in [5.74, 6) is -0.286. The Morgan fingerprint density at radius 1 is 1.69 bits per heavy atom. The van der Waals surface area contributed by atoms with Gasteiger partial charge in [-0.15, -0.1) is 0 Å². The highest BCUT2D eigenvalue weighted by Crippen LogP contribution is 2.14. The smallest absolute Gasteiger partial charge is 0.290 e. The van der Waals surface area contributed by atoms with Crippen molar-refractivity contribution in [1.29, 1.82) is 0 Å². The zero-order valence-corrected chi connectivity index (χ0v) is 9.44. The van der Waals surface area contributed by atoms with Crippen LogP contribution in [0.4, 0.5) is 0 Å². The molecule has 0 saturated carbocycles. The van der Waals surface area contributed by atoms with Crippen LogP contribution >= 0.6 is 11.6 Å². The number of furan rings is 1. The van der Waals surface area contributed by atoms with Gasteiger partial charge >= 0.3 is 0 Å². The summed E-state index contributed by atoms with van der Waals surface area (Å²) in [4.78, 5) is 13.2. The molecule has 0 aliphatic heterocycles. The van der Waals surface area contributed by atoms with Crippen molar-refractivity contribution in [2.75, 3.05) is 13.1 Å². The predicted molar refractivity (Wildman–Crippen MR) is 58.7 cm³/mol. The van der Waals surface area contributed by atoms with E-state index in [1.54, 1.807) is 6.92 Å². The van der Waals surface area contributed by atoms with Crippen LogP contribution in [-0.4, -0.2) is 34.9 Å². The van der Waals surface area contributed by atoms with E-state index >= 15 is 0 Å². The van der Waals surface area contributed by atoms with Crippen LogP contribution in [0.15, 0.2) is 21.7 Å². The standard InChI is InChI=1S/C9H12ClN3O3/c1-2-13(5-8(11)12-15)9(14)6-3-4-7(10)16-6/h3-4,15H,2,5H2,1H3,(H2,11,12). The second-order valence-corrected chi connectivity index (χ2v) is 3.39. The zero-order chi connectivity index (χ0) is 12.1. The summed E-state index contributed by atoms with van der Waals surface area (Å²) >= 11 is 5.56. The Balaban J connectivity index is 2.77. The lowest BCUT2D eigenvalue weighted by molar-refractivity contribution is 0.0754. The molecule has 0 radical (unpaired) electrons. The fraction of sp³-hybridized carbons (Fsp3) is 0.333. The van der Waals surface area contributed by atoms with Gasteiger partial charge in [0.2, 0.25) is 0 Å². The summed E-state index contributed by atoms with van der Waals surface area (Å²) in [6, 6.07) is 2.95. The van der Waals surface area contributed by atoms with Gasteiger partial charge in [0, 0.05) is 6.54 Å². The minimum atomic E-state index is -0.360. The SMILES string of the molecule is CCN(C/C(N)=N/O)C(=O)c1ccc(Cl)o1. The Morgan fingerprint density at radius 2 is 2.38 bits per heavy atom. The molecule has 0 bridgehead atoms. The van der Waals surface area contributed by atoms with E-state index in [9.17, 15) is 4.79 Å². The molecule has 1 heterocycles. The van der Waals surface area contributed by atoms with Crippen molar-refractivity contribution in [2.24, 2.45) is 10.9 Å². The fourth-order valence-electron chi connectivity index (χ4n) is 1.14. The topological polar surface area (TPSA) is 92.1 Å². The number of likely N-dealkylation sites (N-methyl/N-ethyl adjacent to an activating group) is 1. The van der Waals surface area contributed by atoms with Crippen LogP contribution in [0.5, 0.6) is 0 Å². The lowest BCUT2D eigenvalue weighted by Gasteiger charge is -2.18. The molecule has 6 nitrogen and oxygen atoms in total. The maximum Gasteiger partial charge on any atom is 0.290 e. The van der Waals surface area contributed by atoms with Gasteiger partial charge in [0.15, 0.2) is 16.8 Å². The van der Waals surface area contributed by atoms with Crippen LogP contribution in [0.2, 0.25) is 5.22 Å². The molecule has 88 valence electrons. The van der Waals surface area contributed by atoms with Crippen molar-refractivity contribution in [3.63, 3.8) is 0 Å². The largest absolute Gasteiger partial charge is 0.440 e. The number of nitrogens with two attached hydrogens (primary N) is 1. The summed E-state index contributed by atoms with van der Waals surface area (Å²) in [6.45, 7) is 2.21. The maximum atomic E-state index is 11.8. The Labute approximate surface area is 97.3 Å². The normalized spacial score (nSPS) is 11.5. The molecule has 0 atom stereocenters. The molecule has 0 spiro atoms. The molecule has 1 rings (SSSR count). The van der Waals surface area contributed by atoms with E-state index in [0.717, 1.165) is 0 Å². The van der Waals surface area contributed by atoms with Gasteiger partial charge in [-0.05, 0) is 30.7 Å². The molecule has 1 amide bonds. The molecule has 0 saturated heterocycles. The monoisotopic (exact) mass is 245 g/mol. The van der Waals surface area contributed by atoms with E-state index < -0.39 is 0 Å². The third-order valence-electron chi connectivity index (χ3n) is 1.93.